The number of rotatable bonds is 3. The van der Waals surface area contributed by atoms with Gasteiger partial charge in [0, 0.05) is 6.07 Å². The highest BCUT2D eigenvalue weighted by atomic mass is 16.5. The lowest BCUT2D eigenvalue weighted by atomic mass is 9.97. The molecule has 4 nitrogen and oxygen atoms in total. The first-order valence-corrected chi connectivity index (χ1v) is 9.77. The van der Waals surface area contributed by atoms with Crippen LogP contribution in [0.25, 0.3) is 17.2 Å². The summed E-state index contributed by atoms with van der Waals surface area (Å²) >= 11 is 0. The molecule has 0 aliphatic carbocycles. The molecule has 0 saturated carbocycles. The Morgan fingerprint density at radius 1 is 0.900 bits per heavy atom. The number of fused-ring (bicyclic) bond motifs is 1. The number of allylic oxidation sites excluding steroid dienone is 1. The minimum Gasteiger partial charge on any atom is -0.452 e. The van der Waals surface area contributed by atoms with Crippen LogP contribution >= 0.6 is 0 Å². The Kier molecular flexibility index (Phi) is 5.00. The molecule has 0 N–H and O–H groups in total. The standard InChI is InChI=1S/C26H22O4/c1-26(2,3)25(28)29-20-13-14-21-22(16-20)30-23(24(21)27)15-17-9-11-19(12-10-17)18-7-5-4-6-8-18/h4-16H,1-3H3/b23-15+. The lowest BCUT2D eigenvalue weighted by Crippen LogP contribution is -2.25. The SMILES string of the molecule is CC(C)(C)C(=O)Oc1ccc2c(c1)O/C(=C/c1ccc(-c3ccccc3)cc1)C2=O. The predicted octanol–water partition coefficient (Wildman–Crippen LogP) is 5.92. The second kappa shape index (κ2) is 7.64. The smallest absolute Gasteiger partial charge is 0.316 e. The molecule has 4 heteroatoms. The van der Waals surface area contributed by atoms with E-state index in [2.05, 4.69) is 12.1 Å². The monoisotopic (exact) mass is 398 g/mol. The Morgan fingerprint density at radius 3 is 2.23 bits per heavy atom. The molecule has 0 amide bonds. The van der Waals surface area contributed by atoms with Crippen LogP contribution in [0.1, 0.15) is 36.7 Å². The van der Waals surface area contributed by atoms with Gasteiger partial charge in [-0.2, -0.15) is 0 Å². The van der Waals surface area contributed by atoms with Crippen LogP contribution in [-0.2, 0) is 4.79 Å². The van der Waals surface area contributed by atoms with Gasteiger partial charge < -0.3 is 9.47 Å². The Hall–Kier alpha value is -3.66. The van der Waals surface area contributed by atoms with E-state index in [1.807, 2.05) is 42.5 Å². The molecular formula is C26H22O4. The van der Waals surface area contributed by atoms with Gasteiger partial charge in [-0.15, -0.1) is 0 Å². The van der Waals surface area contributed by atoms with Crippen molar-refractivity contribution in [3.8, 4) is 22.6 Å². The van der Waals surface area contributed by atoms with Crippen LogP contribution in [0, 0.1) is 5.41 Å². The molecule has 30 heavy (non-hydrogen) atoms. The summed E-state index contributed by atoms with van der Waals surface area (Å²) in [5.41, 5.74) is 2.94. The maximum Gasteiger partial charge on any atom is 0.316 e. The van der Waals surface area contributed by atoms with Gasteiger partial charge in [0.1, 0.15) is 11.5 Å². The third-order valence-electron chi connectivity index (χ3n) is 4.78. The van der Waals surface area contributed by atoms with Crippen LogP contribution in [0.5, 0.6) is 11.5 Å². The number of hydrogen-bond acceptors (Lipinski definition) is 4. The van der Waals surface area contributed by atoms with Crippen molar-refractivity contribution < 1.29 is 19.1 Å². The summed E-state index contributed by atoms with van der Waals surface area (Å²) in [6.45, 7) is 5.35. The van der Waals surface area contributed by atoms with Crippen molar-refractivity contribution in [2.45, 2.75) is 20.8 Å². The second-order valence-electron chi connectivity index (χ2n) is 8.23. The zero-order chi connectivity index (χ0) is 21.3. The van der Waals surface area contributed by atoms with Crippen molar-refractivity contribution >= 4 is 17.8 Å². The van der Waals surface area contributed by atoms with Gasteiger partial charge in [-0.25, -0.2) is 0 Å². The fourth-order valence-corrected chi connectivity index (χ4v) is 3.04. The van der Waals surface area contributed by atoms with E-state index < -0.39 is 5.41 Å². The lowest BCUT2D eigenvalue weighted by molar-refractivity contribution is -0.143. The van der Waals surface area contributed by atoms with Crippen molar-refractivity contribution in [3.63, 3.8) is 0 Å². The van der Waals surface area contributed by atoms with Gasteiger partial charge >= 0.3 is 5.97 Å². The number of esters is 1. The van der Waals surface area contributed by atoms with E-state index in [0.29, 0.717) is 17.1 Å². The highest BCUT2D eigenvalue weighted by molar-refractivity contribution is 6.14. The quantitative estimate of drug-likeness (QED) is 0.312. The summed E-state index contributed by atoms with van der Waals surface area (Å²) in [7, 11) is 0. The summed E-state index contributed by atoms with van der Waals surface area (Å²) < 4.78 is 11.2. The summed E-state index contributed by atoms with van der Waals surface area (Å²) in [6, 6.07) is 22.8. The van der Waals surface area contributed by atoms with Crippen molar-refractivity contribution in [2.75, 3.05) is 0 Å². The highest BCUT2D eigenvalue weighted by Crippen LogP contribution is 2.35. The molecule has 0 atom stereocenters. The van der Waals surface area contributed by atoms with Crippen LogP contribution in [-0.4, -0.2) is 11.8 Å². The highest BCUT2D eigenvalue weighted by Gasteiger charge is 2.29. The molecule has 0 unspecified atom stereocenters. The van der Waals surface area contributed by atoms with Gasteiger partial charge in [0.2, 0.25) is 5.78 Å². The Labute approximate surface area is 175 Å². The number of ether oxygens (including phenoxy) is 2. The van der Waals surface area contributed by atoms with Crippen LogP contribution in [0.15, 0.2) is 78.6 Å². The van der Waals surface area contributed by atoms with E-state index in [1.165, 1.54) is 0 Å². The largest absolute Gasteiger partial charge is 0.452 e. The van der Waals surface area contributed by atoms with Crippen LogP contribution in [0.4, 0.5) is 0 Å². The van der Waals surface area contributed by atoms with Crippen LogP contribution < -0.4 is 9.47 Å². The van der Waals surface area contributed by atoms with Crippen LogP contribution in [0.3, 0.4) is 0 Å². The van der Waals surface area contributed by atoms with E-state index in [4.69, 9.17) is 9.47 Å². The van der Waals surface area contributed by atoms with Gasteiger partial charge in [-0.05, 0) is 55.7 Å². The number of carbonyl (C=O) groups excluding carboxylic acids is 2. The lowest BCUT2D eigenvalue weighted by Gasteiger charge is -2.16. The molecule has 3 aromatic rings. The Balaban J connectivity index is 1.53. The number of Topliss-reactive ketones (excluding diaryl/α,β-unsaturated/α-hetero) is 1. The van der Waals surface area contributed by atoms with Crippen molar-refractivity contribution in [3.05, 3.63) is 89.7 Å². The molecular weight excluding hydrogens is 376 g/mol. The van der Waals surface area contributed by atoms with Gasteiger partial charge in [0.15, 0.2) is 5.76 Å². The fourth-order valence-electron chi connectivity index (χ4n) is 3.04. The Bertz CT molecular complexity index is 1130. The topological polar surface area (TPSA) is 52.6 Å². The summed E-state index contributed by atoms with van der Waals surface area (Å²) in [5, 5.41) is 0. The Morgan fingerprint density at radius 2 is 1.57 bits per heavy atom. The zero-order valence-corrected chi connectivity index (χ0v) is 17.1. The predicted molar refractivity (Wildman–Crippen MR) is 116 cm³/mol. The third kappa shape index (κ3) is 4.03. The van der Waals surface area contributed by atoms with Gasteiger partial charge in [0.25, 0.3) is 0 Å². The maximum atomic E-state index is 12.7. The van der Waals surface area contributed by atoms with Crippen molar-refractivity contribution in [1.29, 1.82) is 0 Å². The number of hydrogen-bond donors (Lipinski definition) is 0. The number of benzene rings is 3. The average Bonchev–Trinajstić information content (AvgIpc) is 3.03. The van der Waals surface area contributed by atoms with Crippen molar-refractivity contribution in [2.24, 2.45) is 5.41 Å². The van der Waals surface area contributed by atoms with E-state index in [9.17, 15) is 9.59 Å². The zero-order valence-electron chi connectivity index (χ0n) is 17.1. The molecule has 0 radical (unpaired) electrons. The third-order valence-corrected chi connectivity index (χ3v) is 4.78. The number of carbonyl (C=O) groups is 2. The van der Waals surface area contributed by atoms with E-state index in [0.717, 1.165) is 16.7 Å². The minimum absolute atomic E-state index is 0.189. The molecule has 0 saturated heterocycles. The first-order chi connectivity index (χ1) is 14.3. The fraction of sp³-hybridized carbons (Fsp3) is 0.154. The minimum atomic E-state index is -0.618. The first-order valence-electron chi connectivity index (χ1n) is 9.77. The van der Waals surface area contributed by atoms with E-state index in [1.54, 1.807) is 45.0 Å². The average molecular weight is 398 g/mol. The molecule has 1 heterocycles. The van der Waals surface area contributed by atoms with Gasteiger partial charge in [0.05, 0.1) is 11.0 Å². The molecule has 1 aliphatic rings. The summed E-state index contributed by atoms with van der Waals surface area (Å²) in [4.78, 5) is 24.8. The van der Waals surface area contributed by atoms with Crippen molar-refractivity contribution in [1.82, 2.24) is 0 Å². The van der Waals surface area contributed by atoms with E-state index in [-0.39, 0.29) is 17.5 Å². The molecule has 0 bridgehead atoms. The molecule has 1 aliphatic heterocycles. The molecule has 0 fully saturated rings. The molecule has 4 rings (SSSR count). The van der Waals surface area contributed by atoms with Crippen LogP contribution in [0.2, 0.25) is 0 Å². The molecule has 3 aromatic carbocycles. The number of ketones is 1. The summed E-state index contributed by atoms with van der Waals surface area (Å²) in [5.74, 6) is 0.463. The normalized spacial score (nSPS) is 14.4. The van der Waals surface area contributed by atoms with Gasteiger partial charge in [-0.3, -0.25) is 9.59 Å². The maximum absolute atomic E-state index is 12.7. The van der Waals surface area contributed by atoms with E-state index >= 15 is 0 Å². The molecule has 0 spiro atoms. The molecule has 0 aromatic heterocycles. The molecule has 150 valence electrons. The first kappa shape index (κ1) is 19.6. The second-order valence-corrected chi connectivity index (χ2v) is 8.23. The van der Waals surface area contributed by atoms with Gasteiger partial charge in [-0.1, -0.05) is 54.6 Å². The summed E-state index contributed by atoms with van der Waals surface area (Å²) in [6.07, 6.45) is 1.72.